The van der Waals surface area contributed by atoms with Gasteiger partial charge in [0, 0.05) is 10.8 Å². The predicted molar refractivity (Wildman–Crippen MR) is 73.6 cm³/mol. The number of fused-ring (bicyclic) bond motifs is 2. The molecule has 0 radical (unpaired) electrons. The molecule has 0 nitrogen and oxygen atoms in total. The van der Waals surface area contributed by atoms with Gasteiger partial charge in [0.2, 0.25) is 0 Å². The van der Waals surface area contributed by atoms with Crippen molar-refractivity contribution in [2.45, 2.75) is 33.2 Å². The second-order valence-electron chi connectivity index (χ2n) is 5.53. The van der Waals surface area contributed by atoms with Crippen molar-refractivity contribution in [1.82, 2.24) is 0 Å². The molecule has 0 amide bonds. The summed E-state index contributed by atoms with van der Waals surface area (Å²) in [4.78, 5) is 0. The number of hydrogen-bond donors (Lipinski definition) is 0. The minimum atomic E-state index is 0.184. The van der Waals surface area contributed by atoms with Gasteiger partial charge in [0.15, 0.2) is 0 Å². The highest BCUT2D eigenvalue weighted by atomic mass is 79.9. The molecule has 3 fully saturated rings. The van der Waals surface area contributed by atoms with Crippen LogP contribution in [0.1, 0.15) is 26.7 Å². The molecule has 0 saturated heterocycles. The Morgan fingerprint density at radius 2 is 1.21 bits per heavy atom. The van der Waals surface area contributed by atoms with Gasteiger partial charge in [-0.05, 0) is 24.7 Å². The molecule has 0 aromatic heterocycles. The number of hydrogen-bond acceptors (Lipinski definition) is 0. The number of alkyl halides is 4. The van der Waals surface area contributed by atoms with Gasteiger partial charge in [0.05, 0.1) is 6.47 Å². The molecule has 3 rings (SSSR count). The smallest absolute Gasteiger partial charge is 0.0721 e. The molecule has 0 spiro atoms. The van der Waals surface area contributed by atoms with Crippen LogP contribution in [0.3, 0.4) is 0 Å². The lowest BCUT2D eigenvalue weighted by Crippen LogP contribution is -2.14. The molecular weight excluding hydrogens is 440 g/mol. The average Bonchev–Trinajstić information content (AvgIpc) is 2.66. The van der Waals surface area contributed by atoms with Gasteiger partial charge in [-0.25, -0.2) is 0 Å². The third-order valence-electron chi connectivity index (χ3n) is 5.16. The maximum Gasteiger partial charge on any atom is 0.0924 e. The van der Waals surface area contributed by atoms with Crippen LogP contribution in [0.25, 0.3) is 0 Å². The minimum absolute atomic E-state index is 0.184. The van der Waals surface area contributed by atoms with Crippen LogP contribution >= 0.6 is 63.7 Å². The Kier molecular flexibility index (Phi) is 1.98. The highest BCUT2D eigenvalue weighted by molar-refractivity contribution is 9.26. The van der Waals surface area contributed by atoms with E-state index in [1.165, 1.54) is 12.8 Å². The van der Waals surface area contributed by atoms with E-state index >= 15 is 0 Å². The maximum atomic E-state index is 3.86. The van der Waals surface area contributed by atoms with Crippen molar-refractivity contribution in [3.63, 3.8) is 0 Å². The Labute approximate surface area is 118 Å². The van der Waals surface area contributed by atoms with Gasteiger partial charge in [0.1, 0.15) is 0 Å². The summed E-state index contributed by atoms with van der Waals surface area (Å²) in [5.41, 5.74) is 0.842. The van der Waals surface area contributed by atoms with Gasteiger partial charge in [0.25, 0.3) is 0 Å². The average molecular weight is 452 g/mol. The van der Waals surface area contributed by atoms with E-state index in [4.69, 9.17) is 0 Å². The summed E-state index contributed by atoms with van der Waals surface area (Å²) >= 11 is 15.3. The molecule has 4 atom stereocenters. The highest BCUT2D eigenvalue weighted by Gasteiger charge is 2.87. The zero-order chi connectivity index (χ0) is 10.6. The summed E-state index contributed by atoms with van der Waals surface area (Å²) in [5.74, 6) is 1.63. The Balaban J connectivity index is 1.95. The third kappa shape index (κ3) is 0.896. The molecule has 0 aromatic carbocycles. The molecular formula is C10H12Br4. The van der Waals surface area contributed by atoms with E-state index in [1.807, 2.05) is 0 Å². The fourth-order valence-corrected chi connectivity index (χ4v) is 7.41. The van der Waals surface area contributed by atoms with E-state index in [1.54, 1.807) is 0 Å². The quantitative estimate of drug-likeness (QED) is 0.453. The van der Waals surface area contributed by atoms with Crippen LogP contribution in [-0.2, 0) is 0 Å². The van der Waals surface area contributed by atoms with Crippen molar-refractivity contribution in [3.05, 3.63) is 0 Å². The number of rotatable bonds is 0. The first kappa shape index (κ1) is 11.0. The lowest BCUT2D eigenvalue weighted by atomic mass is 9.82. The van der Waals surface area contributed by atoms with Crippen molar-refractivity contribution in [3.8, 4) is 0 Å². The van der Waals surface area contributed by atoms with Gasteiger partial charge in [-0.3, -0.25) is 0 Å². The first-order chi connectivity index (χ1) is 6.18. The highest BCUT2D eigenvalue weighted by Crippen LogP contribution is 2.90. The van der Waals surface area contributed by atoms with Crippen molar-refractivity contribution < 1.29 is 0 Å². The molecule has 80 valence electrons. The molecule has 0 aliphatic heterocycles. The lowest BCUT2D eigenvalue weighted by Gasteiger charge is -2.21. The Morgan fingerprint density at radius 3 is 1.57 bits per heavy atom. The second kappa shape index (κ2) is 2.51. The van der Waals surface area contributed by atoms with E-state index in [0.29, 0.717) is 10.8 Å². The van der Waals surface area contributed by atoms with Crippen LogP contribution in [0.5, 0.6) is 0 Å². The van der Waals surface area contributed by atoms with Crippen LogP contribution in [0.15, 0.2) is 0 Å². The summed E-state index contributed by atoms with van der Waals surface area (Å²) in [6.07, 6.45) is 2.61. The van der Waals surface area contributed by atoms with Crippen molar-refractivity contribution >= 4 is 63.7 Å². The van der Waals surface area contributed by atoms with Crippen LogP contribution in [-0.4, -0.2) is 6.47 Å². The summed E-state index contributed by atoms with van der Waals surface area (Å²) in [6, 6.07) is 0. The Hall–Kier alpha value is 1.92. The molecule has 14 heavy (non-hydrogen) atoms. The molecule has 3 aliphatic carbocycles. The molecule has 0 heterocycles. The van der Waals surface area contributed by atoms with Crippen LogP contribution in [0.2, 0.25) is 0 Å². The van der Waals surface area contributed by atoms with E-state index in [2.05, 4.69) is 77.6 Å². The molecule has 3 aliphatic rings. The van der Waals surface area contributed by atoms with E-state index in [9.17, 15) is 0 Å². The number of halogens is 4. The first-order valence-corrected chi connectivity index (χ1v) is 8.11. The first-order valence-electron chi connectivity index (χ1n) is 4.94. The van der Waals surface area contributed by atoms with Gasteiger partial charge in [-0.1, -0.05) is 77.6 Å². The Morgan fingerprint density at radius 1 is 0.857 bits per heavy atom. The molecule has 3 saturated carbocycles. The SMILES string of the molecule is CC12CC3C(CC1(C)C2(Br)Br)C3(Br)Br. The molecule has 0 aromatic rings. The van der Waals surface area contributed by atoms with E-state index in [0.717, 1.165) is 11.8 Å². The van der Waals surface area contributed by atoms with Crippen LogP contribution in [0.4, 0.5) is 0 Å². The van der Waals surface area contributed by atoms with E-state index in [-0.39, 0.29) is 6.47 Å². The largest absolute Gasteiger partial charge is 0.0924 e. The van der Waals surface area contributed by atoms with Crippen molar-refractivity contribution in [1.29, 1.82) is 0 Å². The zero-order valence-electron chi connectivity index (χ0n) is 8.08. The third-order valence-corrected chi connectivity index (χ3v) is 11.0. The monoisotopic (exact) mass is 448 g/mol. The Bertz CT molecular complexity index is 296. The predicted octanol–water partition coefficient (Wildman–Crippen LogP) is 5.02. The second-order valence-corrected chi connectivity index (χ2v) is 12.7. The molecule has 0 bridgehead atoms. The molecule has 4 unspecified atom stereocenters. The summed E-state index contributed by atoms with van der Waals surface area (Å²) in [7, 11) is 0. The van der Waals surface area contributed by atoms with Gasteiger partial charge in [-0.2, -0.15) is 0 Å². The fourth-order valence-electron chi connectivity index (χ4n) is 3.55. The van der Waals surface area contributed by atoms with Gasteiger partial charge in [-0.15, -0.1) is 0 Å². The van der Waals surface area contributed by atoms with Gasteiger partial charge >= 0.3 is 0 Å². The lowest BCUT2D eigenvalue weighted by molar-refractivity contribution is 0.265. The maximum absolute atomic E-state index is 3.86. The van der Waals surface area contributed by atoms with Crippen molar-refractivity contribution in [2.75, 3.05) is 0 Å². The molecule has 4 heteroatoms. The van der Waals surface area contributed by atoms with Gasteiger partial charge < -0.3 is 0 Å². The summed E-state index contributed by atoms with van der Waals surface area (Å²) < 4.78 is 0.443. The summed E-state index contributed by atoms with van der Waals surface area (Å²) in [5, 5.41) is 0. The minimum Gasteiger partial charge on any atom is -0.0721 e. The van der Waals surface area contributed by atoms with Crippen molar-refractivity contribution in [2.24, 2.45) is 22.7 Å². The fraction of sp³-hybridized carbons (Fsp3) is 1.00. The van der Waals surface area contributed by atoms with Crippen LogP contribution < -0.4 is 0 Å². The topological polar surface area (TPSA) is 0 Å². The normalized spacial score (nSPS) is 61.3. The molecule has 0 N–H and O–H groups in total. The zero-order valence-corrected chi connectivity index (χ0v) is 14.4. The van der Waals surface area contributed by atoms with Crippen LogP contribution in [0, 0.1) is 22.7 Å². The standard InChI is InChI=1S/C10H12Br4/c1-7-3-5-6(9(5,11)12)4-8(7,2)10(7,13)14/h5-6H,3-4H2,1-2H3. The summed E-state index contributed by atoms with van der Waals surface area (Å²) in [6.45, 7) is 4.81. The van der Waals surface area contributed by atoms with E-state index < -0.39 is 0 Å².